The van der Waals surface area contributed by atoms with Crippen molar-refractivity contribution in [2.24, 2.45) is 16.9 Å². The highest BCUT2D eigenvalue weighted by Crippen LogP contribution is 2.15. The smallest absolute Gasteiger partial charge is 0.408 e. The van der Waals surface area contributed by atoms with Gasteiger partial charge in [-0.25, -0.2) is 4.79 Å². The van der Waals surface area contributed by atoms with Crippen LogP contribution in [0, 0.1) is 5.41 Å². The Morgan fingerprint density at radius 2 is 1.80 bits per heavy atom. The minimum Gasteiger partial charge on any atom is -0.444 e. The van der Waals surface area contributed by atoms with Crippen LogP contribution in [0.4, 0.5) is 4.79 Å². The van der Waals surface area contributed by atoms with Gasteiger partial charge in [0.2, 0.25) is 0 Å². The van der Waals surface area contributed by atoms with E-state index in [9.17, 15) is 4.79 Å². The number of ether oxygens (including phenoxy) is 1. The summed E-state index contributed by atoms with van der Waals surface area (Å²) in [4.78, 5) is 11.4. The first-order chi connectivity index (χ1) is 6.58. The number of hydrogen-bond donors (Lipinski definition) is 3. The Labute approximate surface area is 91.5 Å². The molecule has 0 aromatic rings. The Bertz CT molecular complexity index is 221. The molecule has 0 saturated carbocycles. The van der Waals surface area contributed by atoms with Crippen molar-refractivity contribution in [2.75, 3.05) is 6.54 Å². The van der Waals surface area contributed by atoms with E-state index < -0.39 is 17.9 Å². The fourth-order valence-electron chi connectivity index (χ4n) is 0.757. The molecule has 1 atom stereocenters. The van der Waals surface area contributed by atoms with Crippen molar-refractivity contribution < 1.29 is 9.53 Å². The van der Waals surface area contributed by atoms with E-state index in [0.29, 0.717) is 6.54 Å². The first kappa shape index (κ1) is 14.2. The Balaban J connectivity index is 4.20. The number of hydrogen-bond acceptors (Lipinski definition) is 4. The van der Waals surface area contributed by atoms with Gasteiger partial charge >= 0.3 is 6.09 Å². The van der Waals surface area contributed by atoms with E-state index in [0.717, 1.165) is 0 Å². The summed E-state index contributed by atoms with van der Waals surface area (Å²) < 4.78 is 5.08. The van der Waals surface area contributed by atoms with E-state index in [1.807, 2.05) is 13.8 Å². The Hall–Kier alpha value is -0.810. The summed E-state index contributed by atoms with van der Waals surface area (Å²) >= 11 is 0. The summed E-state index contributed by atoms with van der Waals surface area (Å²) in [6.45, 7) is 9.55. The summed E-state index contributed by atoms with van der Waals surface area (Å²) in [6, 6.07) is 0. The Kier molecular flexibility index (Phi) is 4.55. The highest BCUT2D eigenvalue weighted by atomic mass is 16.6. The van der Waals surface area contributed by atoms with Gasteiger partial charge in [-0.05, 0) is 20.8 Å². The van der Waals surface area contributed by atoms with Gasteiger partial charge in [0.1, 0.15) is 5.60 Å². The predicted molar refractivity (Wildman–Crippen MR) is 60.2 cm³/mol. The van der Waals surface area contributed by atoms with Gasteiger partial charge in [-0.2, -0.15) is 0 Å². The standard InChI is InChI=1S/C10H23N3O2/c1-9(2,3)15-8(14)13-7(12)10(4,5)6-11/h7H,6,11-12H2,1-5H3,(H,13,14)/t7-/m0/s1. The minimum atomic E-state index is -0.517. The lowest BCUT2D eigenvalue weighted by Gasteiger charge is -2.31. The average Bonchev–Trinajstić information content (AvgIpc) is 2.00. The molecule has 15 heavy (non-hydrogen) atoms. The van der Waals surface area contributed by atoms with Gasteiger partial charge < -0.3 is 21.5 Å². The second kappa shape index (κ2) is 4.81. The number of carbonyl (C=O) groups excluding carboxylic acids is 1. The van der Waals surface area contributed by atoms with Crippen molar-refractivity contribution in [1.82, 2.24) is 5.32 Å². The number of rotatable bonds is 3. The molecule has 0 aliphatic heterocycles. The molecule has 5 N–H and O–H groups in total. The maximum absolute atomic E-state index is 11.4. The fraction of sp³-hybridized carbons (Fsp3) is 0.900. The van der Waals surface area contributed by atoms with Crippen molar-refractivity contribution in [1.29, 1.82) is 0 Å². The number of nitrogens with two attached hydrogens (primary N) is 2. The summed E-state index contributed by atoms with van der Waals surface area (Å²) in [5, 5.41) is 2.56. The van der Waals surface area contributed by atoms with E-state index in [2.05, 4.69) is 5.32 Å². The number of amides is 1. The molecular formula is C10H23N3O2. The fourth-order valence-corrected chi connectivity index (χ4v) is 0.757. The maximum Gasteiger partial charge on any atom is 0.408 e. The summed E-state index contributed by atoms with van der Waals surface area (Å²) in [6.07, 6.45) is -1.03. The van der Waals surface area contributed by atoms with Crippen molar-refractivity contribution in [3.63, 3.8) is 0 Å². The van der Waals surface area contributed by atoms with Crippen LogP contribution in [-0.4, -0.2) is 24.4 Å². The van der Waals surface area contributed by atoms with Gasteiger partial charge in [0.05, 0.1) is 6.17 Å². The van der Waals surface area contributed by atoms with Gasteiger partial charge in [-0.3, -0.25) is 0 Å². The third-order valence-electron chi connectivity index (χ3n) is 2.04. The highest BCUT2D eigenvalue weighted by molar-refractivity contribution is 5.68. The van der Waals surface area contributed by atoms with Gasteiger partial charge in [0, 0.05) is 12.0 Å². The Morgan fingerprint density at radius 3 is 2.13 bits per heavy atom. The minimum absolute atomic E-state index is 0.350. The van der Waals surface area contributed by atoms with E-state index in [1.165, 1.54) is 0 Å². The monoisotopic (exact) mass is 217 g/mol. The molecule has 5 nitrogen and oxygen atoms in total. The molecule has 0 spiro atoms. The zero-order valence-corrected chi connectivity index (χ0v) is 10.3. The van der Waals surface area contributed by atoms with Crippen molar-refractivity contribution >= 4 is 6.09 Å². The molecule has 0 aliphatic carbocycles. The second-order valence-electron chi connectivity index (χ2n) is 5.32. The molecule has 0 radical (unpaired) electrons. The molecule has 0 aromatic carbocycles. The lowest BCUT2D eigenvalue weighted by Crippen LogP contribution is -2.54. The molecule has 0 rings (SSSR count). The third kappa shape index (κ3) is 5.59. The number of nitrogens with one attached hydrogen (secondary N) is 1. The van der Waals surface area contributed by atoms with Gasteiger partial charge in [-0.15, -0.1) is 0 Å². The maximum atomic E-state index is 11.4. The van der Waals surface area contributed by atoms with E-state index in [1.54, 1.807) is 20.8 Å². The van der Waals surface area contributed by atoms with Crippen LogP contribution in [-0.2, 0) is 4.74 Å². The van der Waals surface area contributed by atoms with Crippen LogP contribution >= 0.6 is 0 Å². The molecule has 5 heteroatoms. The molecule has 0 heterocycles. The second-order valence-corrected chi connectivity index (χ2v) is 5.32. The summed E-state index contributed by atoms with van der Waals surface area (Å²) in [5.41, 5.74) is 10.5. The van der Waals surface area contributed by atoms with Crippen LogP contribution in [0.3, 0.4) is 0 Å². The van der Waals surface area contributed by atoms with Crippen LogP contribution in [0.25, 0.3) is 0 Å². The zero-order chi connectivity index (χ0) is 12.3. The van der Waals surface area contributed by atoms with Crippen molar-refractivity contribution in [3.05, 3.63) is 0 Å². The highest BCUT2D eigenvalue weighted by Gasteiger charge is 2.27. The summed E-state index contributed by atoms with van der Waals surface area (Å²) in [7, 11) is 0. The van der Waals surface area contributed by atoms with E-state index in [4.69, 9.17) is 16.2 Å². The number of alkyl carbamates (subject to hydrolysis) is 1. The van der Waals surface area contributed by atoms with Crippen LogP contribution < -0.4 is 16.8 Å². The lowest BCUT2D eigenvalue weighted by atomic mass is 9.90. The van der Waals surface area contributed by atoms with E-state index in [-0.39, 0.29) is 5.41 Å². The summed E-state index contributed by atoms with van der Waals surface area (Å²) in [5.74, 6) is 0. The molecule has 0 aliphatic rings. The number of carbonyl (C=O) groups is 1. The average molecular weight is 217 g/mol. The molecular weight excluding hydrogens is 194 g/mol. The molecule has 0 aromatic heterocycles. The third-order valence-corrected chi connectivity index (χ3v) is 2.04. The molecule has 0 bridgehead atoms. The SMILES string of the molecule is CC(C)(C)OC(=O)N[C@H](N)C(C)(C)CN. The Morgan fingerprint density at radius 1 is 1.33 bits per heavy atom. The predicted octanol–water partition coefficient (Wildman–Crippen LogP) is 0.781. The first-order valence-electron chi connectivity index (χ1n) is 5.03. The van der Waals surface area contributed by atoms with Crippen LogP contribution in [0.1, 0.15) is 34.6 Å². The molecule has 1 amide bonds. The zero-order valence-electron chi connectivity index (χ0n) is 10.3. The topological polar surface area (TPSA) is 90.4 Å². The van der Waals surface area contributed by atoms with Gasteiger partial charge in [-0.1, -0.05) is 13.8 Å². The van der Waals surface area contributed by atoms with Gasteiger partial charge in [0.15, 0.2) is 0 Å². The molecule has 0 saturated heterocycles. The van der Waals surface area contributed by atoms with Crippen LogP contribution in [0.2, 0.25) is 0 Å². The first-order valence-corrected chi connectivity index (χ1v) is 5.03. The lowest BCUT2D eigenvalue weighted by molar-refractivity contribution is 0.0464. The van der Waals surface area contributed by atoms with Gasteiger partial charge in [0.25, 0.3) is 0 Å². The molecule has 0 fully saturated rings. The van der Waals surface area contributed by atoms with E-state index >= 15 is 0 Å². The van der Waals surface area contributed by atoms with Crippen LogP contribution in [0.5, 0.6) is 0 Å². The normalized spacial score (nSPS) is 14.6. The van der Waals surface area contributed by atoms with Crippen molar-refractivity contribution in [2.45, 2.75) is 46.4 Å². The van der Waals surface area contributed by atoms with Crippen molar-refractivity contribution in [3.8, 4) is 0 Å². The quantitative estimate of drug-likeness (QED) is 0.609. The molecule has 90 valence electrons. The molecule has 0 unspecified atom stereocenters. The van der Waals surface area contributed by atoms with Crippen LogP contribution in [0.15, 0.2) is 0 Å². The largest absolute Gasteiger partial charge is 0.444 e.